The molecule has 9 nitrogen and oxygen atoms in total. The number of aromatic nitrogens is 2. The highest BCUT2D eigenvalue weighted by Gasteiger charge is 2.35. The number of hydrogen-bond donors (Lipinski definition) is 2. The van der Waals surface area contributed by atoms with Gasteiger partial charge in [-0.05, 0) is 17.7 Å². The van der Waals surface area contributed by atoms with Gasteiger partial charge in [0.25, 0.3) is 5.56 Å². The number of fused-ring (bicyclic) bond motifs is 6. The van der Waals surface area contributed by atoms with Crippen LogP contribution in [0.25, 0.3) is 22.3 Å². The molecule has 6 rings (SSSR count). The van der Waals surface area contributed by atoms with Crippen LogP contribution in [0.5, 0.6) is 11.5 Å². The minimum Gasteiger partial charge on any atom is -0.458 e. The number of aliphatic hydroxyl groups is 1. The van der Waals surface area contributed by atoms with E-state index in [1.54, 1.807) is 10.6 Å². The number of benzene rings is 1. The van der Waals surface area contributed by atoms with Gasteiger partial charge < -0.3 is 29.2 Å². The highest BCUT2D eigenvalue weighted by atomic mass is 16.7. The smallest absolute Gasteiger partial charge is 0.340 e. The molecule has 1 unspecified atom stereocenters. The van der Waals surface area contributed by atoms with Gasteiger partial charge in [-0.15, -0.1) is 0 Å². The lowest BCUT2D eigenvalue weighted by atomic mass is 9.98. The first-order chi connectivity index (χ1) is 15.4. The highest BCUT2D eigenvalue weighted by molar-refractivity contribution is 5.91. The van der Waals surface area contributed by atoms with Crippen molar-refractivity contribution in [1.82, 2.24) is 14.9 Å². The Bertz CT molecular complexity index is 1380. The van der Waals surface area contributed by atoms with Crippen molar-refractivity contribution < 1.29 is 24.1 Å². The van der Waals surface area contributed by atoms with Gasteiger partial charge >= 0.3 is 5.97 Å². The van der Waals surface area contributed by atoms with Gasteiger partial charge in [-0.1, -0.05) is 13.8 Å². The van der Waals surface area contributed by atoms with Crippen LogP contribution in [-0.2, 0) is 29.2 Å². The lowest BCUT2D eigenvalue weighted by molar-refractivity contribution is -0.157. The lowest BCUT2D eigenvalue weighted by Gasteiger charge is -2.21. The Kier molecular flexibility index (Phi) is 4.08. The maximum atomic E-state index is 13.2. The number of aliphatic hydroxyl groups excluding tert-OH is 1. The van der Waals surface area contributed by atoms with Crippen molar-refractivity contribution in [2.24, 2.45) is 0 Å². The van der Waals surface area contributed by atoms with Crippen LogP contribution in [0, 0.1) is 0 Å². The van der Waals surface area contributed by atoms with E-state index in [1.165, 1.54) is 0 Å². The second-order valence-corrected chi connectivity index (χ2v) is 8.54. The molecule has 2 aromatic heterocycles. The molecule has 9 heteroatoms. The first kappa shape index (κ1) is 19.3. The van der Waals surface area contributed by atoms with Gasteiger partial charge in [-0.2, -0.15) is 0 Å². The SMILES string of the molecule is CC(C)NCc1c2c(nc3cc4c(cc13)OCO4)-c1cc3c(c(=O)n1C2)COC(=O)C3O. The molecule has 1 aromatic carbocycles. The van der Waals surface area contributed by atoms with Gasteiger partial charge in [0.1, 0.15) is 6.61 Å². The second-order valence-electron chi connectivity index (χ2n) is 8.54. The van der Waals surface area contributed by atoms with E-state index in [9.17, 15) is 14.7 Å². The number of nitrogens with zero attached hydrogens (tertiary/aromatic N) is 2. The molecular formula is C23H21N3O6. The van der Waals surface area contributed by atoms with Crippen molar-refractivity contribution in [3.63, 3.8) is 0 Å². The van der Waals surface area contributed by atoms with E-state index < -0.39 is 12.1 Å². The van der Waals surface area contributed by atoms with Crippen molar-refractivity contribution in [1.29, 1.82) is 0 Å². The summed E-state index contributed by atoms with van der Waals surface area (Å²) in [5.41, 5.74) is 4.28. The van der Waals surface area contributed by atoms with Gasteiger partial charge in [0.15, 0.2) is 17.6 Å². The minimum absolute atomic E-state index is 0.140. The van der Waals surface area contributed by atoms with Gasteiger partial charge in [0.2, 0.25) is 6.79 Å². The molecule has 0 spiro atoms. The van der Waals surface area contributed by atoms with Crippen LogP contribution < -0.4 is 20.3 Å². The van der Waals surface area contributed by atoms with E-state index >= 15 is 0 Å². The van der Waals surface area contributed by atoms with Crippen molar-refractivity contribution in [3.8, 4) is 22.9 Å². The average molecular weight is 435 g/mol. The molecule has 0 amide bonds. The van der Waals surface area contributed by atoms with E-state index in [0.717, 1.165) is 22.0 Å². The van der Waals surface area contributed by atoms with Crippen molar-refractivity contribution in [3.05, 3.63) is 50.8 Å². The molecule has 5 heterocycles. The lowest BCUT2D eigenvalue weighted by Crippen LogP contribution is -2.32. The summed E-state index contributed by atoms with van der Waals surface area (Å²) < 4.78 is 17.7. The predicted octanol–water partition coefficient (Wildman–Crippen LogP) is 1.74. The van der Waals surface area contributed by atoms with Crippen LogP contribution >= 0.6 is 0 Å². The van der Waals surface area contributed by atoms with Crippen molar-refractivity contribution in [2.75, 3.05) is 6.79 Å². The number of hydrogen-bond acceptors (Lipinski definition) is 8. The number of ether oxygens (including phenoxy) is 3. The Balaban J connectivity index is 1.61. The molecule has 164 valence electrons. The monoisotopic (exact) mass is 435 g/mol. The third kappa shape index (κ3) is 2.68. The summed E-state index contributed by atoms with van der Waals surface area (Å²) in [6.07, 6.45) is -1.47. The molecule has 1 atom stereocenters. The molecular weight excluding hydrogens is 414 g/mol. The Hall–Kier alpha value is -3.43. The summed E-state index contributed by atoms with van der Waals surface area (Å²) >= 11 is 0. The van der Waals surface area contributed by atoms with Gasteiger partial charge in [0, 0.05) is 35.2 Å². The molecule has 0 radical (unpaired) electrons. The highest BCUT2D eigenvalue weighted by Crippen LogP contribution is 2.42. The Labute approximate surface area is 182 Å². The van der Waals surface area contributed by atoms with Crippen molar-refractivity contribution >= 4 is 16.9 Å². The summed E-state index contributed by atoms with van der Waals surface area (Å²) in [6.45, 7) is 5.12. The number of nitrogens with one attached hydrogen (secondary N) is 1. The molecule has 3 aliphatic rings. The number of cyclic esters (lactones) is 1. The number of carbonyl (C=O) groups is 1. The number of esters is 1. The molecule has 32 heavy (non-hydrogen) atoms. The van der Waals surface area contributed by atoms with E-state index in [1.807, 2.05) is 12.1 Å². The molecule has 0 saturated carbocycles. The first-order valence-electron chi connectivity index (χ1n) is 10.5. The van der Waals surface area contributed by atoms with E-state index in [4.69, 9.17) is 19.2 Å². The van der Waals surface area contributed by atoms with Crippen LogP contribution in [0.3, 0.4) is 0 Å². The molecule has 0 aliphatic carbocycles. The van der Waals surface area contributed by atoms with E-state index in [-0.39, 0.29) is 25.0 Å². The summed E-state index contributed by atoms with van der Waals surface area (Å²) in [5, 5.41) is 14.7. The van der Waals surface area contributed by atoms with E-state index in [2.05, 4.69) is 19.2 Å². The third-order valence-corrected chi connectivity index (χ3v) is 6.26. The fourth-order valence-corrected chi connectivity index (χ4v) is 4.61. The van der Waals surface area contributed by atoms with Gasteiger partial charge in [-0.3, -0.25) is 4.79 Å². The Morgan fingerprint density at radius 1 is 1.16 bits per heavy atom. The second kappa shape index (κ2) is 6.78. The third-order valence-electron chi connectivity index (χ3n) is 6.26. The van der Waals surface area contributed by atoms with Crippen LogP contribution in [0.15, 0.2) is 23.0 Å². The van der Waals surface area contributed by atoms with Crippen LogP contribution in [0.1, 0.15) is 42.2 Å². The predicted molar refractivity (Wildman–Crippen MR) is 113 cm³/mol. The fourth-order valence-electron chi connectivity index (χ4n) is 4.61. The van der Waals surface area contributed by atoms with Crippen LogP contribution in [0.4, 0.5) is 0 Å². The summed E-state index contributed by atoms with van der Waals surface area (Å²) in [7, 11) is 0. The summed E-state index contributed by atoms with van der Waals surface area (Å²) in [4.78, 5) is 30.0. The molecule has 0 bridgehead atoms. The maximum Gasteiger partial charge on any atom is 0.340 e. The zero-order valence-corrected chi connectivity index (χ0v) is 17.6. The average Bonchev–Trinajstić information content (AvgIpc) is 3.37. The number of pyridine rings is 2. The quantitative estimate of drug-likeness (QED) is 0.468. The van der Waals surface area contributed by atoms with Crippen LogP contribution in [-0.4, -0.2) is 33.5 Å². The standard InChI is InChI=1S/C23H21N3O6/c1-10(2)24-6-13-11-4-18-19(32-9-31-18)5-16(11)25-20-14(13)7-26-17(20)3-12-15(22(26)28)8-30-23(29)21(12)27/h3-5,10,21,24,27H,6-9H2,1-2H3. The van der Waals surface area contributed by atoms with Gasteiger partial charge in [0.05, 0.1) is 29.0 Å². The molecule has 2 N–H and O–H groups in total. The fraction of sp³-hybridized carbons (Fsp3) is 0.348. The Morgan fingerprint density at radius 3 is 2.72 bits per heavy atom. The van der Waals surface area contributed by atoms with Crippen LogP contribution in [0.2, 0.25) is 0 Å². The largest absolute Gasteiger partial charge is 0.458 e. The molecule has 0 saturated heterocycles. The summed E-state index contributed by atoms with van der Waals surface area (Å²) in [5.74, 6) is 0.555. The topological polar surface area (TPSA) is 112 Å². The van der Waals surface area contributed by atoms with Gasteiger partial charge in [-0.25, -0.2) is 9.78 Å². The molecule has 3 aliphatic heterocycles. The zero-order valence-electron chi connectivity index (χ0n) is 17.6. The van der Waals surface area contributed by atoms with Crippen molar-refractivity contribution in [2.45, 2.75) is 45.7 Å². The summed E-state index contributed by atoms with van der Waals surface area (Å²) in [6, 6.07) is 5.75. The first-order valence-corrected chi connectivity index (χ1v) is 10.5. The zero-order chi connectivity index (χ0) is 22.1. The molecule has 3 aromatic rings. The number of rotatable bonds is 3. The normalized spacial score (nSPS) is 18.0. The number of carbonyl (C=O) groups excluding carboxylic acids is 1. The minimum atomic E-state index is -1.47. The molecule has 0 fully saturated rings. The Morgan fingerprint density at radius 2 is 1.94 bits per heavy atom. The maximum absolute atomic E-state index is 13.2. The van der Waals surface area contributed by atoms with E-state index in [0.29, 0.717) is 47.1 Å².